The van der Waals surface area contributed by atoms with Crippen molar-refractivity contribution >= 4 is 23.3 Å². The second-order valence-corrected chi connectivity index (χ2v) is 10.2. The minimum Gasteiger partial charge on any atom is -0.357 e. The molecule has 2 aliphatic rings. The van der Waals surface area contributed by atoms with Crippen LogP contribution in [0.15, 0.2) is 66.9 Å². The van der Waals surface area contributed by atoms with E-state index in [1.165, 1.54) is 5.56 Å². The molecule has 37 heavy (non-hydrogen) atoms. The van der Waals surface area contributed by atoms with Crippen molar-refractivity contribution < 1.29 is 9.59 Å². The van der Waals surface area contributed by atoms with Gasteiger partial charge < -0.3 is 20.9 Å². The van der Waals surface area contributed by atoms with Crippen molar-refractivity contribution in [3.8, 4) is 0 Å². The number of likely N-dealkylation sites (tertiary alicyclic amines) is 1. The van der Waals surface area contributed by atoms with E-state index < -0.39 is 0 Å². The molecule has 2 aromatic carbocycles. The number of aryl methyl sites for hydroxylation is 1. The van der Waals surface area contributed by atoms with Crippen LogP contribution in [0.25, 0.3) is 0 Å². The Balaban J connectivity index is 1.21. The first-order valence-electron chi connectivity index (χ1n) is 13.2. The zero-order valence-electron chi connectivity index (χ0n) is 21.4. The van der Waals surface area contributed by atoms with Crippen LogP contribution >= 0.6 is 0 Å². The molecule has 3 aromatic rings. The first kappa shape index (κ1) is 25.0. The van der Waals surface area contributed by atoms with E-state index >= 15 is 0 Å². The van der Waals surface area contributed by atoms with Crippen LogP contribution in [-0.2, 0) is 0 Å². The number of amides is 2. The molecular formula is C30H35N5O2. The summed E-state index contributed by atoms with van der Waals surface area (Å²) in [6, 6.07) is 20.0. The van der Waals surface area contributed by atoms with Gasteiger partial charge in [-0.05, 0) is 73.9 Å². The van der Waals surface area contributed by atoms with E-state index in [0.29, 0.717) is 22.7 Å². The Morgan fingerprint density at radius 3 is 2.27 bits per heavy atom. The number of piperidine rings is 2. The Morgan fingerprint density at radius 2 is 1.59 bits per heavy atom. The Morgan fingerprint density at radius 1 is 0.892 bits per heavy atom. The number of hydrogen-bond acceptors (Lipinski definition) is 5. The summed E-state index contributed by atoms with van der Waals surface area (Å²) in [7, 11) is 0. The van der Waals surface area contributed by atoms with Crippen LogP contribution in [0.3, 0.4) is 0 Å². The molecule has 0 spiro atoms. The molecular weight excluding hydrogens is 462 g/mol. The molecule has 0 saturated carbocycles. The average molecular weight is 498 g/mol. The summed E-state index contributed by atoms with van der Waals surface area (Å²) < 4.78 is 0. The van der Waals surface area contributed by atoms with Crippen molar-refractivity contribution in [1.82, 2.24) is 9.88 Å². The standard InChI is InChI=1S/C30H35N5O2/c1-21-7-8-24(30(37)35-15-11-23(12-16-35)22-5-3-2-4-6-22)19-27(21)33-29(36)25-9-10-28(32-20-25)34-17-13-26(31)14-18-34/h2-10,19-20,23,26H,11-18,31H2,1H3,(H,33,36). The number of aromatic nitrogens is 1. The Bertz CT molecular complexity index is 1230. The topological polar surface area (TPSA) is 91.6 Å². The molecule has 3 heterocycles. The number of nitrogens with zero attached hydrogens (tertiary/aromatic N) is 3. The summed E-state index contributed by atoms with van der Waals surface area (Å²) in [5, 5.41) is 2.98. The third-order valence-electron chi connectivity index (χ3n) is 7.66. The van der Waals surface area contributed by atoms with E-state index in [2.05, 4.69) is 39.5 Å². The third-order valence-corrected chi connectivity index (χ3v) is 7.66. The van der Waals surface area contributed by atoms with Gasteiger partial charge in [0.1, 0.15) is 5.82 Å². The van der Waals surface area contributed by atoms with Crippen molar-refractivity contribution in [3.05, 3.63) is 89.1 Å². The highest BCUT2D eigenvalue weighted by Gasteiger charge is 2.25. The van der Waals surface area contributed by atoms with E-state index in [4.69, 9.17) is 5.73 Å². The number of nitrogens with one attached hydrogen (secondary N) is 1. The normalized spacial score (nSPS) is 17.0. The molecule has 2 fully saturated rings. The van der Waals surface area contributed by atoms with E-state index in [-0.39, 0.29) is 17.9 Å². The maximum atomic E-state index is 13.3. The Kier molecular flexibility index (Phi) is 7.51. The summed E-state index contributed by atoms with van der Waals surface area (Å²) in [5.41, 5.74) is 9.97. The first-order chi connectivity index (χ1) is 18.0. The number of rotatable bonds is 5. The number of hydrogen-bond donors (Lipinski definition) is 2. The maximum absolute atomic E-state index is 13.3. The molecule has 3 N–H and O–H groups in total. The fraction of sp³-hybridized carbons (Fsp3) is 0.367. The number of carbonyl (C=O) groups is 2. The van der Waals surface area contributed by atoms with Crippen molar-refractivity contribution in [3.63, 3.8) is 0 Å². The molecule has 1 aromatic heterocycles. The van der Waals surface area contributed by atoms with Crippen LogP contribution in [0, 0.1) is 6.92 Å². The number of anilines is 2. The molecule has 0 radical (unpaired) electrons. The Hall–Kier alpha value is -3.71. The van der Waals surface area contributed by atoms with Gasteiger partial charge in [-0.3, -0.25) is 9.59 Å². The third kappa shape index (κ3) is 5.83. The van der Waals surface area contributed by atoms with Gasteiger partial charge in [0.05, 0.1) is 5.56 Å². The number of benzene rings is 2. The molecule has 5 rings (SSSR count). The van der Waals surface area contributed by atoms with Gasteiger partial charge in [0.2, 0.25) is 0 Å². The summed E-state index contributed by atoms with van der Waals surface area (Å²) in [4.78, 5) is 34.9. The maximum Gasteiger partial charge on any atom is 0.257 e. The lowest BCUT2D eigenvalue weighted by molar-refractivity contribution is 0.0712. The molecule has 2 aliphatic heterocycles. The van der Waals surface area contributed by atoms with Crippen LogP contribution in [0.1, 0.15) is 63.4 Å². The molecule has 0 unspecified atom stereocenters. The summed E-state index contributed by atoms with van der Waals surface area (Å²) in [5.74, 6) is 1.12. The zero-order chi connectivity index (χ0) is 25.8. The Labute approximate surface area is 218 Å². The van der Waals surface area contributed by atoms with Crippen LogP contribution in [0.4, 0.5) is 11.5 Å². The van der Waals surface area contributed by atoms with Crippen LogP contribution in [0.2, 0.25) is 0 Å². The highest BCUT2D eigenvalue weighted by molar-refractivity contribution is 6.05. The number of nitrogens with two attached hydrogens (primary N) is 1. The molecule has 0 bridgehead atoms. The summed E-state index contributed by atoms with van der Waals surface area (Å²) >= 11 is 0. The van der Waals surface area contributed by atoms with Gasteiger partial charge in [-0.25, -0.2) is 4.98 Å². The van der Waals surface area contributed by atoms with Gasteiger partial charge in [-0.15, -0.1) is 0 Å². The number of carbonyl (C=O) groups excluding carboxylic acids is 2. The second kappa shape index (κ2) is 11.1. The van der Waals surface area contributed by atoms with Gasteiger partial charge in [-0.1, -0.05) is 36.4 Å². The zero-order valence-corrected chi connectivity index (χ0v) is 21.4. The van der Waals surface area contributed by atoms with E-state index in [1.54, 1.807) is 18.3 Å². The highest BCUT2D eigenvalue weighted by atomic mass is 16.2. The van der Waals surface area contributed by atoms with E-state index in [1.807, 2.05) is 36.1 Å². The van der Waals surface area contributed by atoms with Gasteiger partial charge in [0.15, 0.2) is 0 Å². The van der Waals surface area contributed by atoms with Crippen LogP contribution in [0.5, 0.6) is 0 Å². The highest BCUT2D eigenvalue weighted by Crippen LogP contribution is 2.29. The SMILES string of the molecule is Cc1ccc(C(=O)N2CCC(c3ccccc3)CC2)cc1NC(=O)c1ccc(N2CCC(N)CC2)nc1. The van der Waals surface area contributed by atoms with Crippen molar-refractivity contribution in [2.24, 2.45) is 5.73 Å². The molecule has 2 amide bonds. The smallest absolute Gasteiger partial charge is 0.257 e. The van der Waals surface area contributed by atoms with Crippen molar-refractivity contribution in [2.45, 2.75) is 44.6 Å². The van der Waals surface area contributed by atoms with Gasteiger partial charge in [0.25, 0.3) is 11.8 Å². The number of pyridine rings is 1. The van der Waals surface area contributed by atoms with Gasteiger partial charge >= 0.3 is 0 Å². The molecule has 7 nitrogen and oxygen atoms in total. The first-order valence-corrected chi connectivity index (χ1v) is 13.2. The fourth-order valence-electron chi connectivity index (χ4n) is 5.24. The summed E-state index contributed by atoms with van der Waals surface area (Å²) in [6.07, 6.45) is 5.42. The van der Waals surface area contributed by atoms with Gasteiger partial charge in [0, 0.05) is 49.7 Å². The molecule has 7 heteroatoms. The fourth-order valence-corrected chi connectivity index (χ4v) is 5.24. The largest absolute Gasteiger partial charge is 0.357 e. The van der Waals surface area contributed by atoms with E-state index in [9.17, 15) is 9.59 Å². The molecule has 0 aliphatic carbocycles. The minimum atomic E-state index is -0.240. The van der Waals surface area contributed by atoms with Crippen LogP contribution < -0.4 is 16.0 Å². The van der Waals surface area contributed by atoms with Gasteiger partial charge in [-0.2, -0.15) is 0 Å². The lowest BCUT2D eigenvalue weighted by Crippen LogP contribution is -2.40. The molecule has 2 saturated heterocycles. The predicted molar refractivity (Wildman–Crippen MR) is 147 cm³/mol. The average Bonchev–Trinajstić information content (AvgIpc) is 2.95. The van der Waals surface area contributed by atoms with Crippen molar-refractivity contribution in [2.75, 3.05) is 36.4 Å². The summed E-state index contributed by atoms with van der Waals surface area (Å²) in [6.45, 7) is 5.15. The lowest BCUT2D eigenvalue weighted by Gasteiger charge is -2.32. The van der Waals surface area contributed by atoms with Crippen molar-refractivity contribution in [1.29, 1.82) is 0 Å². The molecule has 192 valence electrons. The lowest BCUT2D eigenvalue weighted by atomic mass is 9.89. The van der Waals surface area contributed by atoms with E-state index in [0.717, 1.165) is 63.2 Å². The quantitative estimate of drug-likeness (QED) is 0.538. The predicted octanol–water partition coefficient (Wildman–Crippen LogP) is 4.59. The monoisotopic (exact) mass is 497 g/mol. The second-order valence-electron chi connectivity index (χ2n) is 10.2. The van der Waals surface area contributed by atoms with Crippen LogP contribution in [-0.4, -0.2) is 53.9 Å². The molecule has 0 atom stereocenters. The minimum absolute atomic E-state index is 0.00859.